The molecule has 0 saturated carbocycles. The first kappa shape index (κ1) is 26.8. The molecule has 0 bridgehead atoms. The molecule has 0 fully saturated rings. The van der Waals surface area contributed by atoms with E-state index in [-0.39, 0.29) is 71.9 Å². The van der Waals surface area contributed by atoms with Gasteiger partial charge in [0, 0.05) is 24.1 Å². The van der Waals surface area contributed by atoms with E-state index in [1.807, 2.05) is 20.8 Å². The van der Waals surface area contributed by atoms with Crippen molar-refractivity contribution >= 4 is 17.5 Å². The number of ketones is 1. The molecular formula is C26H32FN3O6. The normalized spacial score (nSPS) is 12.9. The Morgan fingerprint density at radius 3 is 2.44 bits per heavy atom. The number of nitrogens with zero attached hydrogens (tertiary/aromatic N) is 1. The number of phenolic OH excluding ortho intramolecular Hbond substituents is 1. The third kappa shape index (κ3) is 5.37. The van der Waals surface area contributed by atoms with Crippen LogP contribution in [0.3, 0.4) is 0 Å². The molecule has 0 unspecified atom stereocenters. The summed E-state index contributed by atoms with van der Waals surface area (Å²) >= 11 is 0. The first-order valence-corrected chi connectivity index (χ1v) is 11.5. The molecule has 0 radical (unpaired) electrons. The molecule has 1 heterocycles. The standard InChI is InChI=1S/C26H32FN3O6/c1-26(2,3)16-9-14(10-18(23(16)33)36-8-6-7-20(28)32)17(31)13-30-12-15-11-19(34-4)24(35-5)22(27)21(15)25(30)29/h9-11,29,33H,6-8,12-13H2,1-5H3,(H2,28,32). The number of hydrogen-bond donors (Lipinski definition) is 3. The number of nitrogens with two attached hydrogens (primary N) is 1. The van der Waals surface area contributed by atoms with Crippen molar-refractivity contribution in [3.05, 3.63) is 46.3 Å². The molecule has 2 aromatic carbocycles. The zero-order chi connectivity index (χ0) is 26.8. The lowest BCUT2D eigenvalue weighted by Gasteiger charge is -2.24. The van der Waals surface area contributed by atoms with E-state index in [0.717, 1.165) is 0 Å². The fourth-order valence-corrected chi connectivity index (χ4v) is 4.10. The van der Waals surface area contributed by atoms with Gasteiger partial charge in [-0.05, 0) is 35.6 Å². The summed E-state index contributed by atoms with van der Waals surface area (Å²) in [6, 6.07) is 4.65. The monoisotopic (exact) mass is 501 g/mol. The third-order valence-corrected chi connectivity index (χ3v) is 5.97. The number of fused-ring (bicyclic) bond motifs is 1. The lowest BCUT2D eigenvalue weighted by Crippen LogP contribution is -2.30. The van der Waals surface area contributed by atoms with Crippen molar-refractivity contribution in [3.8, 4) is 23.0 Å². The van der Waals surface area contributed by atoms with E-state index in [2.05, 4.69) is 0 Å². The maximum Gasteiger partial charge on any atom is 0.217 e. The number of nitrogens with one attached hydrogen (secondary N) is 1. The Hall–Kier alpha value is -3.82. The van der Waals surface area contributed by atoms with Crippen LogP contribution in [0.2, 0.25) is 0 Å². The molecule has 0 atom stereocenters. The molecule has 10 heteroatoms. The largest absolute Gasteiger partial charge is 0.504 e. The second kappa shape index (κ2) is 10.4. The average Bonchev–Trinajstić information content (AvgIpc) is 3.11. The molecule has 194 valence electrons. The minimum atomic E-state index is -0.710. The quantitative estimate of drug-likeness (QED) is 0.335. The van der Waals surface area contributed by atoms with Crippen molar-refractivity contribution in [2.45, 2.75) is 45.6 Å². The van der Waals surface area contributed by atoms with E-state index in [1.165, 1.54) is 25.2 Å². The summed E-state index contributed by atoms with van der Waals surface area (Å²) in [6.07, 6.45) is 0.495. The van der Waals surface area contributed by atoms with Gasteiger partial charge in [-0.2, -0.15) is 0 Å². The highest BCUT2D eigenvalue weighted by molar-refractivity contribution is 6.06. The van der Waals surface area contributed by atoms with E-state index in [0.29, 0.717) is 17.5 Å². The van der Waals surface area contributed by atoms with Gasteiger partial charge >= 0.3 is 0 Å². The van der Waals surface area contributed by atoms with Gasteiger partial charge in [0.25, 0.3) is 0 Å². The van der Waals surface area contributed by atoms with Crippen LogP contribution in [0.1, 0.15) is 60.7 Å². The average molecular weight is 502 g/mol. The number of ether oxygens (including phenoxy) is 3. The van der Waals surface area contributed by atoms with Gasteiger partial charge < -0.3 is 30.0 Å². The van der Waals surface area contributed by atoms with E-state index >= 15 is 4.39 Å². The molecule has 0 aliphatic carbocycles. The number of hydrogen-bond acceptors (Lipinski definition) is 7. The maximum absolute atomic E-state index is 15.1. The number of halogens is 1. The summed E-state index contributed by atoms with van der Waals surface area (Å²) in [7, 11) is 2.72. The van der Waals surface area contributed by atoms with Crippen molar-refractivity contribution in [1.82, 2.24) is 4.90 Å². The van der Waals surface area contributed by atoms with Crippen molar-refractivity contribution in [2.75, 3.05) is 27.4 Å². The number of rotatable bonds is 10. The number of primary amides is 1. The summed E-state index contributed by atoms with van der Waals surface area (Å²) in [5, 5.41) is 19.3. The molecular weight excluding hydrogens is 469 g/mol. The number of carbonyl (C=O) groups is 2. The van der Waals surface area contributed by atoms with Crippen LogP contribution in [0.5, 0.6) is 23.0 Å². The van der Waals surface area contributed by atoms with E-state index in [1.54, 1.807) is 12.1 Å². The number of methoxy groups -OCH3 is 2. The zero-order valence-electron chi connectivity index (χ0n) is 21.2. The van der Waals surface area contributed by atoms with E-state index in [4.69, 9.17) is 25.4 Å². The highest BCUT2D eigenvalue weighted by atomic mass is 19.1. The van der Waals surface area contributed by atoms with Gasteiger partial charge in [0.05, 0.1) is 32.9 Å². The summed E-state index contributed by atoms with van der Waals surface area (Å²) in [5.41, 5.74) is 6.04. The first-order chi connectivity index (χ1) is 16.9. The molecule has 4 N–H and O–H groups in total. The number of carbonyl (C=O) groups excluding carboxylic acids is 2. The topological polar surface area (TPSA) is 135 Å². The Bertz CT molecular complexity index is 1210. The van der Waals surface area contributed by atoms with Gasteiger partial charge in [0.2, 0.25) is 5.91 Å². The van der Waals surface area contributed by atoms with Crippen molar-refractivity contribution < 1.29 is 33.3 Å². The Morgan fingerprint density at radius 2 is 1.86 bits per heavy atom. The Kier molecular flexibility index (Phi) is 7.76. The van der Waals surface area contributed by atoms with Crippen LogP contribution in [0.25, 0.3) is 0 Å². The molecule has 0 spiro atoms. The van der Waals surface area contributed by atoms with Crippen LogP contribution in [0.15, 0.2) is 18.2 Å². The van der Waals surface area contributed by atoms with Crippen molar-refractivity contribution in [3.63, 3.8) is 0 Å². The number of benzene rings is 2. The van der Waals surface area contributed by atoms with Crippen LogP contribution in [-0.4, -0.2) is 54.9 Å². The Morgan fingerprint density at radius 1 is 1.17 bits per heavy atom. The predicted molar refractivity (Wildman–Crippen MR) is 132 cm³/mol. The van der Waals surface area contributed by atoms with Gasteiger partial charge in [-0.1, -0.05) is 20.8 Å². The van der Waals surface area contributed by atoms with Gasteiger partial charge in [0.15, 0.2) is 34.6 Å². The Balaban J connectivity index is 1.88. The summed E-state index contributed by atoms with van der Waals surface area (Å²) in [5.74, 6) is -1.48. The molecule has 0 saturated heterocycles. The van der Waals surface area contributed by atoms with Crippen molar-refractivity contribution in [1.29, 1.82) is 5.41 Å². The van der Waals surface area contributed by atoms with Gasteiger partial charge in [-0.25, -0.2) is 4.39 Å². The molecule has 0 aromatic heterocycles. The van der Waals surface area contributed by atoms with E-state index in [9.17, 15) is 14.7 Å². The number of amidine groups is 1. The second-order valence-corrected chi connectivity index (χ2v) is 9.63. The van der Waals surface area contributed by atoms with Crippen LogP contribution in [-0.2, 0) is 16.8 Å². The fourth-order valence-electron chi connectivity index (χ4n) is 4.10. The number of Topliss-reactive ketones (excluding diaryl/α,β-unsaturated/α-hetero) is 1. The predicted octanol–water partition coefficient (Wildman–Crippen LogP) is 3.51. The van der Waals surface area contributed by atoms with E-state index < -0.39 is 17.1 Å². The van der Waals surface area contributed by atoms with Crippen LogP contribution < -0.4 is 19.9 Å². The molecule has 1 aliphatic heterocycles. The van der Waals surface area contributed by atoms with Crippen LogP contribution in [0.4, 0.5) is 4.39 Å². The second-order valence-electron chi connectivity index (χ2n) is 9.63. The van der Waals surface area contributed by atoms with Crippen molar-refractivity contribution in [2.24, 2.45) is 5.73 Å². The minimum absolute atomic E-state index is 0.0695. The molecule has 2 aromatic rings. The lowest BCUT2D eigenvalue weighted by atomic mass is 9.84. The Labute approximate surface area is 209 Å². The lowest BCUT2D eigenvalue weighted by molar-refractivity contribution is -0.118. The highest BCUT2D eigenvalue weighted by Crippen LogP contribution is 2.40. The molecule has 1 aliphatic rings. The zero-order valence-corrected chi connectivity index (χ0v) is 21.2. The SMILES string of the molecule is COc1cc2c(c(F)c1OC)C(=N)N(CC(=O)c1cc(OCCCC(N)=O)c(O)c(C(C)(C)C)c1)C2. The highest BCUT2D eigenvalue weighted by Gasteiger charge is 2.33. The van der Waals surface area contributed by atoms with Gasteiger partial charge in [-0.15, -0.1) is 0 Å². The molecule has 3 rings (SSSR count). The minimum Gasteiger partial charge on any atom is -0.504 e. The number of phenols is 1. The summed E-state index contributed by atoms with van der Waals surface area (Å²) in [6.45, 7) is 5.77. The molecule has 9 nitrogen and oxygen atoms in total. The van der Waals surface area contributed by atoms with Gasteiger partial charge in [-0.3, -0.25) is 15.0 Å². The van der Waals surface area contributed by atoms with Gasteiger partial charge in [0.1, 0.15) is 5.84 Å². The maximum atomic E-state index is 15.1. The van der Waals surface area contributed by atoms with Crippen LogP contribution in [0, 0.1) is 11.2 Å². The summed E-state index contributed by atoms with van der Waals surface area (Å²) in [4.78, 5) is 25.8. The third-order valence-electron chi connectivity index (χ3n) is 5.97. The number of aromatic hydroxyl groups is 1. The molecule has 36 heavy (non-hydrogen) atoms. The first-order valence-electron chi connectivity index (χ1n) is 11.5. The van der Waals surface area contributed by atoms with Crippen LogP contribution >= 0.6 is 0 Å². The number of amides is 1. The fraction of sp³-hybridized carbons (Fsp3) is 0.423. The summed E-state index contributed by atoms with van der Waals surface area (Å²) < 4.78 is 31.0. The molecule has 1 amide bonds. The smallest absolute Gasteiger partial charge is 0.217 e.